The van der Waals surface area contributed by atoms with Crippen molar-refractivity contribution >= 4 is 11.6 Å². The number of nitriles is 1. The van der Waals surface area contributed by atoms with Crippen LogP contribution in [0.4, 0.5) is 0 Å². The van der Waals surface area contributed by atoms with Gasteiger partial charge >= 0.3 is 0 Å². The molecule has 0 aromatic carbocycles. The lowest BCUT2D eigenvalue weighted by atomic mass is 10.4. The molecule has 6 heteroatoms. The zero-order valence-corrected chi connectivity index (χ0v) is 9.52. The van der Waals surface area contributed by atoms with Gasteiger partial charge in [-0.15, -0.1) is 0 Å². The van der Waals surface area contributed by atoms with E-state index in [9.17, 15) is 0 Å². The second-order valence-corrected chi connectivity index (χ2v) is 3.61. The third-order valence-electron chi connectivity index (χ3n) is 2.19. The zero-order valence-electron chi connectivity index (χ0n) is 8.77. The predicted octanol–water partition coefficient (Wildman–Crippen LogP) is 1.80. The molecule has 0 spiro atoms. The molecule has 80 valence electrons. The summed E-state index contributed by atoms with van der Waals surface area (Å²) in [7, 11) is 0. The highest BCUT2D eigenvalue weighted by Gasteiger charge is 2.14. The Bertz CT molecular complexity index is 581. The van der Waals surface area contributed by atoms with Crippen LogP contribution in [0, 0.1) is 25.2 Å². The number of halogens is 1. The van der Waals surface area contributed by atoms with Crippen molar-refractivity contribution in [1.82, 2.24) is 19.7 Å². The van der Waals surface area contributed by atoms with Crippen molar-refractivity contribution < 1.29 is 0 Å². The van der Waals surface area contributed by atoms with E-state index in [2.05, 4.69) is 15.1 Å². The van der Waals surface area contributed by atoms with Crippen molar-refractivity contribution in [2.24, 2.45) is 0 Å². The number of aryl methyl sites for hydroxylation is 1. The van der Waals surface area contributed by atoms with E-state index in [1.54, 1.807) is 6.92 Å². The molecule has 0 aliphatic heterocycles. The van der Waals surface area contributed by atoms with Crippen LogP contribution in [0.2, 0.25) is 5.02 Å². The summed E-state index contributed by atoms with van der Waals surface area (Å²) in [5, 5.41) is 13.7. The van der Waals surface area contributed by atoms with Crippen molar-refractivity contribution in [3.05, 3.63) is 34.5 Å². The standard InChI is InChI=1S/C10H8ClN5/c1-6-9(11)7(2)16(15-6)10-8(5-12)13-3-4-14-10/h3-4H,1-2H3. The van der Waals surface area contributed by atoms with Crippen LogP contribution in [-0.2, 0) is 0 Å². The van der Waals surface area contributed by atoms with Gasteiger partial charge in [-0.1, -0.05) is 11.6 Å². The van der Waals surface area contributed by atoms with Gasteiger partial charge in [0.2, 0.25) is 0 Å². The van der Waals surface area contributed by atoms with E-state index in [1.165, 1.54) is 17.1 Å². The van der Waals surface area contributed by atoms with E-state index in [0.717, 1.165) is 5.69 Å². The quantitative estimate of drug-likeness (QED) is 0.753. The van der Waals surface area contributed by atoms with Crippen LogP contribution in [0.25, 0.3) is 5.82 Å². The van der Waals surface area contributed by atoms with Gasteiger partial charge < -0.3 is 0 Å². The largest absolute Gasteiger partial charge is 0.240 e. The van der Waals surface area contributed by atoms with Crippen molar-refractivity contribution in [3.63, 3.8) is 0 Å². The number of hydrogen-bond acceptors (Lipinski definition) is 4. The monoisotopic (exact) mass is 233 g/mol. The first-order chi connectivity index (χ1) is 7.65. The lowest BCUT2D eigenvalue weighted by Crippen LogP contribution is -2.05. The summed E-state index contributed by atoms with van der Waals surface area (Å²) in [6.45, 7) is 3.62. The first-order valence-corrected chi connectivity index (χ1v) is 4.96. The summed E-state index contributed by atoms with van der Waals surface area (Å²) >= 11 is 6.03. The summed E-state index contributed by atoms with van der Waals surface area (Å²) in [5.41, 5.74) is 1.68. The van der Waals surface area contributed by atoms with E-state index in [-0.39, 0.29) is 5.69 Å². The molecule has 0 N–H and O–H groups in total. The molecule has 0 aliphatic carbocycles. The van der Waals surface area contributed by atoms with Crippen LogP contribution >= 0.6 is 11.6 Å². The number of hydrogen-bond donors (Lipinski definition) is 0. The van der Waals surface area contributed by atoms with E-state index in [0.29, 0.717) is 16.5 Å². The maximum atomic E-state index is 8.92. The average molecular weight is 234 g/mol. The lowest BCUT2D eigenvalue weighted by Gasteiger charge is -2.03. The number of aromatic nitrogens is 4. The molecule has 0 amide bonds. The molecule has 0 atom stereocenters. The van der Waals surface area contributed by atoms with Crippen molar-refractivity contribution in [2.75, 3.05) is 0 Å². The highest BCUT2D eigenvalue weighted by atomic mass is 35.5. The van der Waals surface area contributed by atoms with Crippen LogP contribution in [0.3, 0.4) is 0 Å². The zero-order chi connectivity index (χ0) is 11.7. The molecule has 2 aromatic heterocycles. The molecule has 0 saturated heterocycles. The maximum Gasteiger partial charge on any atom is 0.190 e. The van der Waals surface area contributed by atoms with Crippen LogP contribution in [-0.4, -0.2) is 19.7 Å². The Balaban J connectivity index is 2.69. The highest BCUT2D eigenvalue weighted by Crippen LogP contribution is 2.22. The molecule has 0 saturated carbocycles. The third-order valence-corrected chi connectivity index (χ3v) is 2.74. The van der Waals surface area contributed by atoms with Gasteiger partial charge in [0.05, 0.1) is 16.4 Å². The fraction of sp³-hybridized carbons (Fsp3) is 0.200. The van der Waals surface area contributed by atoms with Crippen molar-refractivity contribution in [3.8, 4) is 11.9 Å². The summed E-state index contributed by atoms with van der Waals surface area (Å²) in [6.07, 6.45) is 2.98. The fourth-order valence-electron chi connectivity index (χ4n) is 1.39. The molecule has 0 unspecified atom stereocenters. The molecule has 2 heterocycles. The molecular weight excluding hydrogens is 226 g/mol. The van der Waals surface area contributed by atoms with Gasteiger partial charge in [0, 0.05) is 12.4 Å². The second kappa shape index (κ2) is 3.91. The fourth-order valence-corrected chi connectivity index (χ4v) is 1.51. The van der Waals surface area contributed by atoms with Crippen LogP contribution in [0.5, 0.6) is 0 Å². The molecule has 2 aromatic rings. The summed E-state index contributed by atoms with van der Waals surface area (Å²) in [4.78, 5) is 8.02. The number of nitrogens with zero attached hydrogens (tertiary/aromatic N) is 5. The van der Waals surface area contributed by atoms with Crippen LogP contribution in [0.1, 0.15) is 17.1 Å². The lowest BCUT2D eigenvalue weighted by molar-refractivity contribution is 0.795. The topological polar surface area (TPSA) is 67.4 Å². The van der Waals surface area contributed by atoms with Crippen molar-refractivity contribution in [2.45, 2.75) is 13.8 Å². The second-order valence-electron chi connectivity index (χ2n) is 3.24. The Hall–Kier alpha value is -1.93. The first kappa shape index (κ1) is 10.6. The summed E-state index contributed by atoms with van der Waals surface area (Å²) in [6, 6.07) is 1.97. The molecule has 0 aliphatic rings. The highest BCUT2D eigenvalue weighted by molar-refractivity contribution is 6.31. The molecular formula is C10H8ClN5. The van der Waals surface area contributed by atoms with Gasteiger partial charge in [0.15, 0.2) is 11.5 Å². The van der Waals surface area contributed by atoms with Gasteiger partial charge in [-0.05, 0) is 13.8 Å². The minimum absolute atomic E-state index is 0.227. The molecule has 2 rings (SSSR count). The van der Waals surface area contributed by atoms with Gasteiger partial charge in [-0.25, -0.2) is 14.6 Å². The van der Waals surface area contributed by atoms with E-state index < -0.39 is 0 Å². The van der Waals surface area contributed by atoms with E-state index >= 15 is 0 Å². The molecule has 16 heavy (non-hydrogen) atoms. The van der Waals surface area contributed by atoms with Crippen LogP contribution < -0.4 is 0 Å². The van der Waals surface area contributed by atoms with E-state index in [4.69, 9.17) is 16.9 Å². The Morgan fingerprint density at radius 2 is 2.00 bits per heavy atom. The Morgan fingerprint density at radius 3 is 2.56 bits per heavy atom. The van der Waals surface area contributed by atoms with Gasteiger partial charge in [0.1, 0.15) is 6.07 Å². The van der Waals surface area contributed by atoms with Gasteiger partial charge in [-0.2, -0.15) is 10.4 Å². The number of rotatable bonds is 1. The SMILES string of the molecule is Cc1nn(-c2nccnc2C#N)c(C)c1Cl. The molecule has 0 radical (unpaired) electrons. The minimum atomic E-state index is 0.227. The Morgan fingerprint density at radius 1 is 1.31 bits per heavy atom. The molecule has 5 nitrogen and oxygen atoms in total. The smallest absolute Gasteiger partial charge is 0.190 e. The van der Waals surface area contributed by atoms with Crippen molar-refractivity contribution in [1.29, 1.82) is 5.26 Å². The minimum Gasteiger partial charge on any atom is -0.240 e. The Kier molecular flexibility index (Phi) is 2.59. The molecule has 0 bridgehead atoms. The van der Waals surface area contributed by atoms with Crippen LogP contribution in [0.15, 0.2) is 12.4 Å². The molecule has 0 fully saturated rings. The average Bonchev–Trinajstić information content (AvgIpc) is 2.57. The van der Waals surface area contributed by atoms with E-state index in [1.807, 2.05) is 13.0 Å². The summed E-state index contributed by atoms with van der Waals surface area (Å²) < 4.78 is 1.53. The normalized spacial score (nSPS) is 10.1. The first-order valence-electron chi connectivity index (χ1n) is 4.58. The summed E-state index contributed by atoms with van der Waals surface area (Å²) in [5.74, 6) is 0.400. The van der Waals surface area contributed by atoms with Gasteiger partial charge in [0.25, 0.3) is 0 Å². The Labute approximate surface area is 97.3 Å². The third kappa shape index (κ3) is 1.53. The van der Waals surface area contributed by atoms with Gasteiger partial charge in [-0.3, -0.25) is 0 Å². The maximum absolute atomic E-state index is 8.92. The predicted molar refractivity (Wildman–Crippen MR) is 58.4 cm³/mol.